The van der Waals surface area contributed by atoms with Gasteiger partial charge >= 0.3 is 17.9 Å². The number of thioether (sulfide) groups is 1. The molecule has 1 heterocycles. The van der Waals surface area contributed by atoms with Crippen molar-refractivity contribution >= 4 is 35.4 Å². The molecule has 9 heteroatoms. The van der Waals surface area contributed by atoms with Crippen molar-refractivity contribution in [1.29, 1.82) is 0 Å². The van der Waals surface area contributed by atoms with E-state index in [0.717, 1.165) is 11.8 Å². The highest BCUT2D eigenvalue weighted by Gasteiger charge is 2.48. The molecule has 1 N–H and O–H groups in total. The van der Waals surface area contributed by atoms with Gasteiger partial charge in [-0.05, 0) is 32.9 Å². The summed E-state index contributed by atoms with van der Waals surface area (Å²) < 4.78 is 15.1. The number of carbonyl (C=O) groups is 3. The molecule has 1 atom stereocenters. The molecule has 0 aliphatic carbocycles. The average molecular weight is 423 g/mol. The molecule has 0 saturated carbocycles. The summed E-state index contributed by atoms with van der Waals surface area (Å²) >= 11 is 1.07. The van der Waals surface area contributed by atoms with E-state index in [2.05, 4.69) is 0 Å². The van der Waals surface area contributed by atoms with Crippen molar-refractivity contribution in [3.8, 4) is 0 Å². The van der Waals surface area contributed by atoms with E-state index in [4.69, 9.17) is 14.2 Å². The SMILES string of the molecule is CCOC(=O)CC1(O)CSC(=C(C(=O)OCC)C(=O)OCC)N1c1ccccc1. The van der Waals surface area contributed by atoms with Crippen molar-refractivity contribution in [2.24, 2.45) is 0 Å². The molecular weight excluding hydrogens is 398 g/mol. The molecule has 2 rings (SSSR count). The number of carbonyl (C=O) groups excluding carboxylic acids is 3. The topological polar surface area (TPSA) is 102 Å². The summed E-state index contributed by atoms with van der Waals surface area (Å²) in [5, 5.41) is 11.5. The molecule has 1 fully saturated rings. The third kappa shape index (κ3) is 5.30. The Balaban J connectivity index is 2.60. The van der Waals surface area contributed by atoms with Crippen LogP contribution in [0.2, 0.25) is 0 Å². The molecule has 1 aliphatic heterocycles. The Morgan fingerprint density at radius 3 is 2.07 bits per heavy atom. The van der Waals surface area contributed by atoms with Gasteiger partial charge in [-0.1, -0.05) is 18.2 Å². The second kappa shape index (κ2) is 10.3. The van der Waals surface area contributed by atoms with Crippen LogP contribution in [0.15, 0.2) is 40.9 Å². The molecule has 0 amide bonds. The van der Waals surface area contributed by atoms with Crippen LogP contribution in [-0.2, 0) is 28.6 Å². The molecule has 1 aromatic carbocycles. The molecule has 158 valence electrons. The first-order valence-corrected chi connectivity index (χ1v) is 10.3. The number of nitrogens with zero attached hydrogens (tertiary/aromatic N) is 1. The van der Waals surface area contributed by atoms with Gasteiger partial charge in [0.15, 0.2) is 11.3 Å². The number of anilines is 1. The fourth-order valence-corrected chi connectivity index (χ4v) is 4.17. The summed E-state index contributed by atoms with van der Waals surface area (Å²) in [6.07, 6.45) is -0.342. The van der Waals surface area contributed by atoms with Crippen molar-refractivity contribution in [2.75, 3.05) is 30.5 Å². The van der Waals surface area contributed by atoms with Crippen LogP contribution in [0.3, 0.4) is 0 Å². The van der Waals surface area contributed by atoms with Crippen LogP contribution < -0.4 is 4.90 Å². The second-order valence-corrected chi connectivity index (χ2v) is 7.01. The Hall–Kier alpha value is -2.52. The number of benzene rings is 1. The van der Waals surface area contributed by atoms with Crippen molar-refractivity contribution < 1.29 is 33.7 Å². The summed E-state index contributed by atoms with van der Waals surface area (Å²) in [7, 11) is 0. The highest BCUT2D eigenvalue weighted by atomic mass is 32.2. The predicted molar refractivity (Wildman–Crippen MR) is 108 cm³/mol. The molecule has 0 bridgehead atoms. The summed E-state index contributed by atoms with van der Waals surface area (Å²) in [5.74, 6) is -2.26. The predicted octanol–water partition coefficient (Wildman–Crippen LogP) is 2.22. The molecule has 1 aliphatic rings. The van der Waals surface area contributed by atoms with E-state index in [1.54, 1.807) is 51.1 Å². The number of rotatable bonds is 8. The first-order chi connectivity index (χ1) is 13.9. The minimum atomic E-state index is -1.70. The Bertz CT molecular complexity index is 760. The van der Waals surface area contributed by atoms with Gasteiger partial charge in [-0.15, -0.1) is 11.8 Å². The van der Waals surface area contributed by atoms with Gasteiger partial charge in [0.05, 0.1) is 31.3 Å². The Labute approximate surface area is 173 Å². The van der Waals surface area contributed by atoms with Gasteiger partial charge in [0.1, 0.15) is 0 Å². The van der Waals surface area contributed by atoms with E-state index < -0.39 is 23.6 Å². The summed E-state index contributed by atoms with van der Waals surface area (Å²) in [4.78, 5) is 38.6. The lowest BCUT2D eigenvalue weighted by Gasteiger charge is -2.34. The zero-order valence-corrected chi connectivity index (χ0v) is 17.5. The molecule has 1 saturated heterocycles. The van der Waals surface area contributed by atoms with Gasteiger partial charge in [0.25, 0.3) is 0 Å². The van der Waals surface area contributed by atoms with E-state index in [-0.39, 0.29) is 42.6 Å². The Morgan fingerprint density at radius 1 is 1.00 bits per heavy atom. The highest BCUT2D eigenvalue weighted by Crippen LogP contribution is 2.45. The van der Waals surface area contributed by atoms with Crippen LogP contribution in [-0.4, -0.2) is 54.3 Å². The van der Waals surface area contributed by atoms with Gasteiger partial charge in [0.2, 0.25) is 0 Å². The fourth-order valence-electron chi connectivity index (χ4n) is 2.86. The smallest absolute Gasteiger partial charge is 0.348 e. The van der Waals surface area contributed by atoms with Gasteiger partial charge in [-0.2, -0.15) is 0 Å². The Kier molecular flexibility index (Phi) is 8.10. The molecule has 1 aromatic rings. The zero-order valence-electron chi connectivity index (χ0n) is 16.7. The average Bonchev–Trinajstić information content (AvgIpc) is 2.99. The zero-order chi connectivity index (χ0) is 21.4. The summed E-state index contributed by atoms with van der Waals surface area (Å²) in [5.41, 5.74) is -1.51. The first kappa shape index (κ1) is 22.8. The molecular formula is C20H25NO7S. The normalized spacial score (nSPS) is 18.3. The van der Waals surface area contributed by atoms with Crippen molar-refractivity contribution in [2.45, 2.75) is 32.9 Å². The van der Waals surface area contributed by atoms with Gasteiger partial charge in [-0.3, -0.25) is 4.79 Å². The number of para-hydroxylation sites is 1. The van der Waals surface area contributed by atoms with E-state index >= 15 is 0 Å². The van der Waals surface area contributed by atoms with E-state index in [0.29, 0.717) is 5.69 Å². The largest absolute Gasteiger partial charge is 0.466 e. The van der Waals surface area contributed by atoms with Crippen molar-refractivity contribution in [3.63, 3.8) is 0 Å². The van der Waals surface area contributed by atoms with Crippen LogP contribution in [0, 0.1) is 0 Å². The number of esters is 3. The van der Waals surface area contributed by atoms with Crippen LogP contribution >= 0.6 is 11.8 Å². The maximum Gasteiger partial charge on any atom is 0.348 e. The fraction of sp³-hybridized carbons (Fsp3) is 0.450. The monoisotopic (exact) mass is 423 g/mol. The number of hydrogen-bond donors (Lipinski definition) is 1. The maximum atomic E-state index is 12.6. The third-order valence-electron chi connectivity index (χ3n) is 3.98. The second-order valence-electron chi connectivity index (χ2n) is 6.04. The molecule has 0 radical (unpaired) electrons. The van der Waals surface area contributed by atoms with Gasteiger partial charge < -0.3 is 24.2 Å². The van der Waals surface area contributed by atoms with E-state index in [1.165, 1.54) is 4.90 Å². The molecule has 8 nitrogen and oxygen atoms in total. The van der Waals surface area contributed by atoms with E-state index in [1.807, 2.05) is 0 Å². The summed E-state index contributed by atoms with van der Waals surface area (Å²) in [6, 6.07) is 8.69. The molecule has 0 aromatic heterocycles. The first-order valence-electron chi connectivity index (χ1n) is 9.32. The quantitative estimate of drug-likeness (QED) is 0.222. The summed E-state index contributed by atoms with van der Waals surface area (Å²) in [6.45, 7) is 5.23. The maximum absolute atomic E-state index is 12.6. The van der Waals surface area contributed by atoms with Crippen molar-refractivity contribution in [3.05, 3.63) is 40.9 Å². The lowest BCUT2D eigenvalue weighted by molar-refractivity contribution is -0.148. The standard InChI is InChI=1S/C20H25NO7S/c1-4-26-15(22)12-20(25)13-29-17(21(20)14-10-8-7-9-11-14)16(18(23)27-5-2)19(24)28-6-3/h7-11,25H,4-6,12-13H2,1-3H3. The minimum absolute atomic E-state index is 0.0400. The number of hydrogen-bond acceptors (Lipinski definition) is 9. The molecule has 1 unspecified atom stereocenters. The number of aliphatic hydroxyl groups is 1. The van der Waals surface area contributed by atoms with Crippen molar-refractivity contribution in [1.82, 2.24) is 0 Å². The number of ether oxygens (including phenoxy) is 3. The molecule has 29 heavy (non-hydrogen) atoms. The van der Waals surface area contributed by atoms with Crippen LogP contribution in [0.4, 0.5) is 5.69 Å². The van der Waals surface area contributed by atoms with Gasteiger partial charge in [-0.25, -0.2) is 9.59 Å². The van der Waals surface area contributed by atoms with Crippen LogP contribution in [0.5, 0.6) is 0 Å². The van der Waals surface area contributed by atoms with Crippen LogP contribution in [0.25, 0.3) is 0 Å². The lowest BCUT2D eigenvalue weighted by atomic mass is 10.1. The third-order valence-corrected chi connectivity index (χ3v) is 5.25. The Morgan fingerprint density at radius 2 is 1.55 bits per heavy atom. The minimum Gasteiger partial charge on any atom is -0.466 e. The molecule has 0 spiro atoms. The highest BCUT2D eigenvalue weighted by molar-refractivity contribution is 8.03. The van der Waals surface area contributed by atoms with Crippen LogP contribution in [0.1, 0.15) is 27.2 Å². The van der Waals surface area contributed by atoms with E-state index in [9.17, 15) is 19.5 Å². The lowest BCUT2D eigenvalue weighted by Crippen LogP contribution is -2.48. The van der Waals surface area contributed by atoms with Gasteiger partial charge in [0, 0.05) is 11.4 Å².